The van der Waals surface area contributed by atoms with Gasteiger partial charge in [0.25, 0.3) is 0 Å². The average molecular weight is 349 g/mol. The van der Waals surface area contributed by atoms with E-state index in [1.807, 2.05) is 12.3 Å². The second-order valence-corrected chi connectivity index (χ2v) is 7.45. The van der Waals surface area contributed by atoms with Gasteiger partial charge in [-0.25, -0.2) is 0 Å². The zero-order valence-electron chi connectivity index (χ0n) is 15.5. The van der Waals surface area contributed by atoms with Gasteiger partial charge < -0.3 is 0 Å². The van der Waals surface area contributed by atoms with Crippen LogP contribution in [-0.2, 0) is 12.8 Å². The maximum Gasteiger partial charge on any atom is 0.0665 e. The van der Waals surface area contributed by atoms with E-state index in [4.69, 9.17) is 0 Å². The maximum absolute atomic E-state index is 4.15. The molecule has 0 aromatic heterocycles. The molecule has 1 heteroatoms. The number of aliphatic imine (C=N–C) groups is 1. The highest BCUT2D eigenvalue weighted by Crippen LogP contribution is 2.33. The first-order valence-electron chi connectivity index (χ1n) is 9.93. The van der Waals surface area contributed by atoms with E-state index >= 15 is 0 Å². The van der Waals surface area contributed by atoms with Crippen LogP contribution in [0, 0.1) is 0 Å². The van der Waals surface area contributed by atoms with Crippen molar-refractivity contribution in [2.75, 3.05) is 0 Å². The van der Waals surface area contributed by atoms with Crippen LogP contribution in [0.1, 0.15) is 30.4 Å². The van der Waals surface area contributed by atoms with E-state index in [9.17, 15) is 0 Å². The first-order chi connectivity index (χ1) is 13.4. The van der Waals surface area contributed by atoms with Crippen LogP contribution in [0.15, 0.2) is 89.1 Å². The number of aryl methyl sites for hydroxylation is 2. The Morgan fingerprint density at radius 3 is 2.59 bits per heavy atom. The SMILES string of the molecule is C1=CCC2=CC=NC2=C1.c1ccc2c(c1)ccc1c3c(ccc12)CCCC3. The molecule has 1 heterocycles. The van der Waals surface area contributed by atoms with Gasteiger partial charge in [-0.2, -0.15) is 0 Å². The highest BCUT2D eigenvalue weighted by Gasteiger charge is 2.13. The fourth-order valence-corrected chi connectivity index (χ4v) is 4.40. The van der Waals surface area contributed by atoms with Crippen LogP contribution in [0.25, 0.3) is 21.5 Å². The standard InChI is InChI=1S/C18H16.C8H7N/c1-3-7-15-13(5-1)9-11-18-16-8-4-2-6-14(16)10-12-17(15)18;1-2-4-8-7(3-1)5-6-9-8/h1,3,5,7,9-12H,2,4,6,8H2;1-2,4-6H,3H2. The van der Waals surface area contributed by atoms with Gasteiger partial charge in [-0.3, -0.25) is 4.99 Å². The summed E-state index contributed by atoms with van der Waals surface area (Å²) >= 11 is 0. The molecular weight excluding hydrogens is 326 g/mol. The average Bonchev–Trinajstić information content (AvgIpc) is 3.23. The van der Waals surface area contributed by atoms with Crippen LogP contribution in [-0.4, -0.2) is 6.21 Å². The molecule has 3 aromatic rings. The first kappa shape index (κ1) is 16.3. The number of hydrogen-bond donors (Lipinski definition) is 0. The van der Waals surface area contributed by atoms with Gasteiger partial charge >= 0.3 is 0 Å². The summed E-state index contributed by atoms with van der Waals surface area (Å²) in [7, 11) is 0. The van der Waals surface area contributed by atoms with Crippen LogP contribution in [0.3, 0.4) is 0 Å². The molecule has 27 heavy (non-hydrogen) atoms. The molecule has 0 amide bonds. The number of hydrogen-bond acceptors (Lipinski definition) is 1. The Hall–Kier alpha value is -2.93. The Morgan fingerprint density at radius 1 is 0.741 bits per heavy atom. The molecule has 6 rings (SSSR count). The molecular formula is C26H23N. The van der Waals surface area contributed by atoms with E-state index < -0.39 is 0 Å². The van der Waals surface area contributed by atoms with Crippen molar-refractivity contribution in [3.63, 3.8) is 0 Å². The van der Waals surface area contributed by atoms with Crippen LogP contribution in [0.5, 0.6) is 0 Å². The molecule has 0 fully saturated rings. The molecule has 0 bridgehead atoms. The van der Waals surface area contributed by atoms with E-state index in [0.29, 0.717) is 0 Å². The lowest BCUT2D eigenvalue weighted by atomic mass is 9.86. The topological polar surface area (TPSA) is 12.4 Å². The van der Waals surface area contributed by atoms with E-state index in [0.717, 1.165) is 12.1 Å². The number of allylic oxidation sites excluding steroid dienone is 5. The van der Waals surface area contributed by atoms with E-state index in [-0.39, 0.29) is 0 Å². The zero-order chi connectivity index (χ0) is 18.1. The van der Waals surface area contributed by atoms with Gasteiger partial charge in [0.15, 0.2) is 0 Å². The van der Waals surface area contributed by atoms with Crippen LogP contribution < -0.4 is 0 Å². The fraction of sp³-hybridized carbons (Fsp3) is 0.192. The quantitative estimate of drug-likeness (QED) is 0.400. The van der Waals surface area contributed by atoms with Gasteiger partial charge in [-0.15, -0.1) is 0 Å². The lowest BCUT2D eigenvalue weighted by molar-refractivity contribution is 0.690. The van der Waals surface area contributed by atoms with Crippen molar-refractivity contribution >= 4 is 27.8 Å². The molecule has 0 unspecified atom stereocenters. The number of nitrogens with zero attached hydrogens (tertiary/aromatic N) is 1. The molecule has 0 spiro atoms. The summed E-state index contributed by atoms with van der Waals surface area (Å²) in [5.74, 6) is 0. The van der Waals surface area contributed by atoms with Gasteiger partial charge in [-0.05, 0) is 82.5 Å². The molecule has 1 nitrogen and oxygen atoms in total. The monoisotopic (exact) mass is 349 g/mol. The largest absolute Gasteiger partial charge is 0.257 e. The van der Waals surface area contributed by atoms with Crippen LogP contribution in [0.2, 0.25) is 0 Å². The summed E-state index contributed by atoms with van der Waals surface area (Å²) in [5, 5.41) is 5.64. The maximum atomic E-state index is 4.15. The van der Waals surface area contributed by atoms with E-state index in [1.165, 1.54) is 52.8 Å². The minimum Gasteiger partial charge on any atom is -0.257 e. The third-order valence-corrected chi connectivity index (χ3v) is 5.80. The summed E-state index contributed by atoms with van der Waals surface area (Å²) in [6, 6.07) is 18.0. The molecule has 0 radical (unpaired) electrons. The van der Waals surface area contributed by atoms with Crippen molar-refractivity contribution < 1.29 is 0 Å². The smallest absolute Gasteiger partial charge is 0.0665 e. The summed E-state index contributed by atoms with van der Waals surface area (Å²) in [6.45, 7) is 0. The number of rotatable bonds is 0. The second-order valence-electron chi connectivity index (χ2n) is 7.45. The molecule has 0 atom stereocenters. The Bertz CT molecular complexity index is 1140. The van der Waals surface area contributed by atoms with Crippen molar-refractivity contribution in [3.05, 3.63) is 95.2 Å². The minimum absolute atomic E-state index is 1.05. The van der Waals surface area contributed by atoms with Crippen molar-refractivity contribution in [2.45, 2.75) is 32.1 Å². The molecule has 0 N–H and O–H groups in total. The molecule has 3 aromatic carbocycles. The summed E-state index contributed by atoms with van der Waals surface area (Å²) in [5.41, 5.74) is 5.66. The van der Waals surface area contributed by atoms with Gasteiger partial charge in [0.1, 0.15) is 0 Å². The zero-order valence-corrected chi connectivity index (χ0v) is 15.5. The summed E-state index contributed by atoms with van der Waals surface area (Å²) in [6.07, 6.45) is 16.4. The third kappa shape index (κ3) is 3.04. The van der Waals surface area contributed by atoms with Gasteiger partial charge in [0.05, 0.1) is 5.70 Å². The summed E-state index contributed by atoms with van der Waals surface area (Å²) in [4.78, 5) is 4.15. The van der Waals surface area contributed by atoms with E-state index in [2.05, 4.69) is 71.8 Å². The molecule has 3 aliphatic rings. The molecule has 2 aliphatic carbocycles. The fourth-order valence-electron chi connectivity index (χ4n) is 4.40. The van der Waals surface area contributed by atoms with Crippen molar-refractivity contribution in [2.24, 2.45) is 4.99 Å². The highest BCUT2D eigenvalue weighted by atomic mass is 14.8. The van der Waals surface area contributed by atoms with Gasteiger partial charge in [0, 0.05) is 6.21 Å². The van der Waals surface area contributed by atoms with Crippen molar-refractivity contribution in [1.82, 2.24) is 0 Å². The van der Waals surface area contributed by atoms with Crippen LogP contribution in [0.4, 0.5) is 0 Å². The Morgan fingerprint density at radius 2 is 1.63 bits per heavy atom. The van der Waals surface area contributed by atoms with Gasteiger partial charge in [-0.1, -0.05) is 60.7 Å². The molecule has 0 saturated carbocycles. The van der Waals surface area contributed by atoms with Gasteiger partial charge in [0.2, 0.25) is 0 Å². The predicted molar refractivity (Wildman–Crippen MR) is 117 cm³/mol. The van der Waals surface area contributed by atoms with Crippen LogP contribution >= 0.6 is 0 Å². The highest BCUT2D eigenvalue weighted by molar-refractivity contribution is 6.08. The number of benzene rings is 3. The predicted octanol–water partition coefficient (Wildman–Crippen LogP) is 6.71. The lowest BCUT2D eigenvalue weighted by Gasteiger charge is -2.18. The molecule has 132 valence electrons. The van der Waals surface area contributed by atoms with Crippen molar-refractivity contribution in [3.8, 4) is 0 Å². The Balaban J connectivity index is 0.000000149. The third-order valence-electron chi connectivity index (χ3n) is 5.80. The molecule has 0 saturated heterocycles. The van der Waals surface area contributed by atoms with E-state index in [1.54, 1.807) is 11.1 Å². The Labute approximate surface area is 160 Å². The normalized spacial score (nSPS) is 17.0. The summed E-state index contributed by atoms with van der Waals surface area (Å²) < 4.78 is 0. The Kier molecular flexibility index (Phi) is 4.21. The minimum atomic E-state index is 1.05. The second kappa shape index (κ2) is 7.00. The number of fused-ring (bicyclic) bond motifs is 6. The first-order valence-corrected chi connectivity index (χ1v) is 9.93. The van der Waals surface area contributed by atoms with Crippen molar-refractivity contribution in [1.29, 1.82) is 0 Å². The molecule has 1 aliphatic heterocycles. The lowest BCUT2D eigenvalue weighted by Crippen LogP contribution is -2.02.